The maximum Gasteiger partial charge on any atom is 0.393 e. The van der Waals surface area contributed by atoms with E-state index in [9.17, 15) is 32.7 Å². The molecule has 0 aliphatic heterocycles. The van der Waals surface area contributed by atoms with Gasteiger partial charge >= 0.3 is 18.1 Å². The van der Waals surface area contributed by atoms with Crippen molar-refractivity contribution >= 4 is 45.0 Å². The van der Waals surface area contributed by atoms with Crippen molar-refractivity contribution in [2.24, 2.45) is 0 Å². The number of hydrogen-bond donors (Lipinski definition) is 3. The van der Waals surface area contributed by atoms with Crippen LogP contribution < -0.4 is 10.1 Å². The number of alkyl halides is 3. The van der Waals surface area contributed by atoms with E-state index in [-0.39, 0.29) is 28.5 Å². The SMILES string of the molecule is CC(=O)C(NCc1cccc(-c2sc(C(=O)O)c(OCC(=O)O)c2Br)c1)c1ccc(CC(F)(F)F)cc1. The Labute approximate surface area is 222 Å². The molecule has 0 aliphatic rings. The third kappa shape index (κ3) is 7.63. The molecule has 37 heavy (non-hydrogen) atoms. The molecule has 3 aromatic rings. The first kappa shape index (κ1) is 28.4. The number of ketones is 1. The molecule has 7 nitrogen and oxygen atoms in total. The van der Waals surface area contributed by atoms with Crippen LogP contribution in [-0.2, 0) is 22.6 Å². The molecule has 0 aliphatic carbocycles. The van der Waals surface area contributed by atoms with Crippen molar-refractivity contribution in [3.8, 4) is 16.2 Å². The lowest BCUT2D eigenvalue weighted by Crippen LogP contribution is -2.26. The zero-order valence-electron chi connectivity index (χ0n) is 19.3. The molecule has 2 aromatic carbocycles. The second-order valence-corrected chi connectivity index (χ2v) is 9.86. The molecule has 1 heterocycles. The highest BCUT2D eigenvalue weighted by molar-refractivity contribution is 9.10. The van der Waals surface area contributed by atoms with E-state index in [4.69, 9.17) is 9.84 Å². The van der Waals surface area contributed by atoms with Crippen LogP contribution in [-0.4, -0.2) is 40.7 Å². The molecule has 1 aromatic heterocycles. The fraction of sp³-hybridized carbons (Fsp3) is 0.240. The summed E-state index contributed by atoms with van der Waals surface area (Å²) in [7, 11) is 0. The van der Waals surface area contributed by atoms with E-state index in [0.29, 0.717) is 20.5 Å². The van der Waals surface area contributed by atoms with Gasteiger partial charge in [-0.15, -0.1) is 11.3 Å². The number of aliphatic carboxylic acids is 1. The standard InChI is InChI=1S/C25H21BrF3NO6S/c1-13(31)20(16-7-5-14(6-8-16)10-25(27,28)29)30-11-15-3-2-4-17(9-15)22-19(26)21(36-12-18(32)33)23(37-22)24(34)35/h2-9,20,30H,10-12H2,1H3,(H,32,33)(H,34,35). The maximum atomic E-state index is 12.6. The normalized spacial score (nSPS) is 12.2. The number of thiophene rings is 1. The van der Waals surface area contributed by atoms with Gasteiger partial charge in [-0.3, -0.25) is 10.1 Å². The van der Waals surface area contributed by atoms with Crippen molar-refractivity contribution in [1.82, 2.24) is 5.32 Å². The molecule has 1 atom stereocenters. The van der Waals surface area contributed by atoms with E-state index < -0.39 is 37.2 Å². The van der Waals surface area contributed by atoms with Crippen molar-refractivity contribution in [2.75, 3.05) is 6.61 Å². The summed E-state index contributed by atoms with van der Waals surface area (Å²) in [5, 5.41) is 21.5. The molecule has 12 heteroatoms. The number of rotatable bonds is 11. The topological polar surface area (TPSA) is 113 Å². The van der Waals surface area contributed by atoms with Crippen LogP contribution in [0, 0.1) is 0 Å². The Morgan fingerprint density at radius 3 is 2.32 bits per heavy atom. The number of nitrogens with one attached hydrogen (secondary N) is 1. The number of carbonyl (C=O) groups excluding carboxylic acids is 1. The minimum Gasteiger partial charge on any atom is -0.479 e. The number of carbonyl (C=O) groups is 3. The summed E-state index contributed by atoms with van der Waals surface area (Å²) in [6, 6.07) is 12.0. The lowest BCUT2D eigenvalue weighted by Gasteiger charge is -2.17. The van der Waals surface area contributed by atoms with Gasteiger partial charge in [-0.25, -0.2) is 9.59 Å². The highest BCUT2D eigenvalue weighted by Crippen LogP contribution is 2.45. The van der Waals surface area contributed by atoms with E-state index in [2.05, 4.69) is 21.2 Å². The Morgan fingerprint density at radius 2 is 1.76 bits per heavy atom. The van der Waals surface area contributed by atoms with Gasteiger partial charge in [0.05, 0.1) is 21.8 Å². The monoisotopic (exact) mass is 599 g/mol. The van der Waals surface area contributed by atoms with Gasteiger partial charge in [-0.1, -0.05) is 42.5 Å². The third-order valence-electron chi connectivity index (χ3n) is 5.17. The fourth-order valence-corrected chi connectivity index (χ4v) is 5.47. The number of ether oxygens (including phenoxy) is 1. The molecule has 1 unspecified atom stereocenters. The number of halogens is 4. The molecule has 0 saturated heterocycles. The second-order valence-electron chi connectivity index (χ2n) is 8.05. The van der Waals surface area contributed by atoms with Gasteiger partial charge in [0.25, 0.3) is 0 Å². The van der Waals surface area contributed by atoms with Crippen LogP contribution >= 0.6 is 27.3 Å². The molecular formula is C25H21BrF3NO6S. The summed E-state index contributed by atoms with van der Waals surface area (Å²) < 4.78 is 43.4. The van der Waals surface area contributed by atoms with E-state index in [1.807, 2.05) is 0 Å². The lowest BCUT2D eigenvalue weighted by atomic mass is 10.00. The van der Waals surface area contributed by atoms with Crippen molar-refractivity contribution in [1.29, 1.82) is 0 Å². The Kier molecular flexibility index (Phi) is 9.11. The summed E-state index contributed by atoms with van der Waals surface area (Å²) >= 11 is 4.24. The largest absolute Gasteiger partial charge is 0.479 e. The van der Waals surface area contributed by atoms with E-state index in [0.717, 1.165) is 16.9 Å². The smallest absolute Gasteiger partial charge is 0.393 e. The zero-order chi connectivity index (χ0) is 27.3. The minimum absolute atomic E-state index is 0.0796. The molecule has 0 amide bonds. The molecule has 0 fully saturated rings. The Morgan fingerprint density at radius 1 is 1.08 bits per heavy atom. The van der Waals surface area contributed by atoms with Crippen molar-refractivity contribution < 1.29 is 42.5 Å². The van der Waals surface area contributed by atoms with Crippen LogP contribution in [0.5, 0.6) is 5.75 Å². The van der Waals surface area contributed by atoms with Crippen LogP contribution in [0.4, 0.5) is 13.2 Å². The number of benzene rings is 2. The van der Waals surface area contributed by atoms with Gasteiger partial charge in [-0.2, -0.15) is 13.2 Å². The summed E-state index contributed by atoms with van der Waals surface area (Å²) in [5.41, 5.74) is 2.02. The molecule has 3 rings (SSSR count). The fourth-order valence-electron chi connectivity index (χ4n) is 3.58. The predicted molar refractivity (Wildman–Crippen MR) is 134 cm³/mol. The molecule has 0 saturated carbocycles. The van der Waals surface area contributed by atoms with Crippen molar-refractivity contribution in [2.45, 2.75) is 32.1 Å². The van der Waals surface area contributed by atoms with Crippen molar-refractivity contribution in [3.63, 3.8) is 0 Å². The number of aromatic carboxylic acids is 1. The first-order chi connectivity index (χ1) is 17.4. The molecular weight excluding hydrogens is 579 g/mol. The summed E-state index contributed by atoms with van der Waals surface area (Å²) in [4.78, 5) is 35.2. The van der Waals surface area contributed by atoms with Gasteiger partial charge in [-0.05, 0) is 51.2 Å². The molecule has 0 bridgehead atoms. The number of carboxylic acids is 2. The Hall–Kier alpha value is -3.22. The summed E-state index contributed by atoms with van der Waals surface area (Å²) in [5.74, 6) is -2.81. The summed E-state index contributed by atoms with van der Waals surface area (Å²) in [6.07, 6.45) is -5.38. The highest BCUT2D eigenvalue weighted by Gasteiger charge is 2.28. The van der Waals surface area contributed by atoms with Gasteiger partial charge < -0.3 is 14.9 Å². The average Bonchev–Trinajstić information content (AvgIpc) is 3.14. The van der Waals surface area contributed by atoms with Crippen LogP contribution in [0.1, 0.15) is 39.3 Å². The van der Waals surface area contributed by atoms with E-state index in [1.54, 1.807) is 24.3 Å². The summed E-state index contributed by atoms with van der Waals surface area (Å²) in [6.45, 7) is 0.911. The number of Topliss-reactive ketones (excluding diaryl/α,β-unsaturated/α-hetero) is 1. The van der Waals surface area contributed by atoms with Crippen LogP contribution in [0.2, 0.25) is 0 Å². The van der Waals surface area contributed by atoms with E-state index >= 15 is 0 Å². The molecule has 0 spiro atoms. The van der Waals surface area contributed by atoms with Gasteiger partial charge in [0.2, 0.25) is 0 Å². The number of hydrogen-bond acceptors (Lipinski definition) is 6. The Balaban J connectivity index is 1.80. The first-order valence-electron chi connectivity index (χ1n) is 10.7. The highest BCUT2D eigenvalue weighted by atomic mass is 79.9. The van der Waals surface area contributed by atoms with Gasteiger partial charge in [0.1, 0.15) is 0 Å². The maximum absolute atomic E-state index is 12.6. The minimum atomic E-state index is -4.32. The first-order valence-corrected chi connectivity index (χ1v) is 12.4. The third-order valence-corrected chi connectivity index (χ3v) is 7.39. The molecule has 3 N–H and O–H groups in total. The second kappa shape index (κ2) is 11.9. The van der Waals surface area contributed by atoms with Gasteiger partial charge in [0, 0.05) is 6.54 Å². The average molecular weight is 600 g/mol. The number of carboxylic acid groups (broad SMARTS) is 2. The van der Waals surface area contributed by atoms with Crippen LogP contribution in [0.3, 0.4) is 0 Å². The Bertz CT molecular complexity index is 1310. The lowest BCUT2D eigenvalue weighted by molar-refractivity contribution is -0.139. The van der Waals surface area contributed by atoms with E-state index in [1.165, 1.54) is 31.2 Å². The zero-order valence-corrected chi connectivity index (χ0v) is 21.7. The van der Waals surface area contributed by atoms with Crippen LogP contribution in [0.15, 0.2) is 53.0 Å². The van der Waals surface area contributed by atoms with Crippen LogP contribution in [0.25, 0.3) is 10.4 Å². The predicted octanol–water partition coefficient (Wildman–Crippen LogP) is 5.86. The molecule has 0 radical (unpaired) electrons. The van der Waals surface area contributed by atoms with Gasteiger partial charge in [0.15, 0.2) is 23.0 Å². The van der Waals surface area contributed by atoms with Crippen molar-refractivity contribution in [3.05, 3.63) is 74.6 Å². The molecule has 196 valence electrons. The quantitative estimate of drug-likeness (QED) is 0.253.